The molecule has 33 heavy (non-hydrogen) atoms. The van der Waals surface area contributed by atoms with Crippen LogP contribution in [0.4, 0.5) is 0 Å². The lowest BCUT2D eigenvalue weighted by atomic mass is 9.48. The van der Waals surface area contributed by atoms with Gasteiger partial charge in [-0.2, -0.15) is 5.26 Å². The fourth-order valence-corrected chi connectivity index (χ4v) is 8.06. The Hall–Kier alpha value is -2.68. The van der Waals surface area contributed by atoms with Crippen LogP contribution in [-0.2, 0) is 21.4 Å². The average molecular weight is 448 g/mol. The minimum Gasteiger partial charge on any atom is -0.462 e. The first kappa shape index (κ1) is 22.1. The molecule has 5 rings (SSSR count). The molecule has 6 heteroatoms. The summed E-state index contributed by atoms with van der Waals surface area (Å²) in [5.74, 6) is 1.10. The van der Waals surface area contributed by atoms with Crippen LogP contribution in [0, 0.1) is 39.9 Å². The van der Waals surface area contributed by atoms with Crippen LogP contribution in [0.1, 0.15) is 87.8 Å². The Balaban J connectivity index is 1.53. The highest BCUT2D eigenvalue weighted by Crippen LogP contribution is 2.64. The summed E-state index contributed by atoms with van der Waals surface area (Å²) in [7, 11) is 0. The summed E-state index contributed by atoms with van der Waals surface area (Å²) < 4.78 is 7.08. The van der Waals surface area contributed by atoms with Gasteiger partial charge in [-0.05, 0) is 73.3 Å². The fourth-order valence-electron chi connectivity index (χ4n) is 8.06. The molecule has 6 nitrogen and oxygen atoms in total. The smallest absolute Gasteiger partial charge is 0.302 e. The number of esters is 1. The van der Waals surface area contributed by atoms with Crippen LogP contribution in [0.2, 0.25) is 0 Å². The molecule has 174 valence electrons. The summed E-state index contributed by atoms with van der Waals surface area (Å²) in [5, 5.41) is 18.1. The van der Waals surface area contributed by atoms with Crippen LogP contribution in [0.15, 0.2) is 17.7 Å². The van der Waals surface area contributed by atoms with Gasteiger partial charge in [0.1, 0.15) is 17.7 Å². The molecule has 1 heterocycles. The van der Waals surface area contributed by atoms with Crippen LogP contribution in [0.5, 0.6) is 0 Å². The summed E-state index contributed by atoms with van der Waals surface area (Å²) in [4.78, 5) is 24.1. The van der Waals surface area contributed by atoms with Crippen molar-refractivity contribution in [3.05, 3.63) is 40.0 Å². The molecule has 0 spiro atoms. The van der Waals surface area contributed by atoms with Gasteiger partial charge in [0, 0.05) is 31.4 Å². The number of aromatic nitrogens is 1. The van der Waals surface area contributed by atoms with E-state index in [-0.39, 0.29) is 39.9 Å². The van der Waals surface area contributed by atoms with Gasteiger partial charge in [-0.25, -0.2) is 0 Å². The summed E-state index contributed by atoms with van der Waals surface area (Å²) in [6.07, 6.45) is 9.17. The van der Waals surface area contributed by atoms with E-state index in [0.29, 0.717) is 17.8 Å². The highest BCUT2D eigenvalue weighted by atomic mass is 16.5. The Morgan fingerprint density at radius 1 is 1.15 bits per heavy atom. The van der Waals surface area contributed by atoms with E-state index < -0.39 is 0 Å². The van der Waals surface area contributed by atoms with Crippen LogP contribution >= 0.6 is 0 Å². The molecular formula is C27H33N3O3. The van der Waals surface area contributed by atoms with Crippen LogP contribution in [-0.4, -0.2) is 22.5 Å². The van der Waals surface area contributed by atoms with E-state index in [4.69, 9.17) is 10.1 Å². The van der Waals surface area contributed by atoms with Crippen molar-refractivity contribution in [1.29, 1.82) is 10.7 Å². The highest BCUT2D eigenvalue weighted by molar-refractivity contribution is 5.78. The number of carbonyl (C=O) groups excluding carboxylic acids is 2. The molecule has 0 saturated heterocycles. The SMILES string of the molecule is CC(=O)O[C@H]1CC[C@@]2(C)C(=CC[C@@H]3[C@@H]2CC[C@]2(C)c4c(cc(C#N)c(=N)n4C(C)=O)C[C@@H]32)C1. The Bertz CT molecular complexity index is 1190. The molecule has 6 atom stereocenters. The summed E-state index contributed by atoms with van der Waals surface area (Å²) in [6, 6.07) is 3.99. The van der Waals surface area contributed by atoms with Crippen LogP contribution in [0.3, 0.4) is 0 Å². The van der Waals surface area contributed by atoms with Crippen molar-refractivity contribution in [3.63, 3.8) is 0 Å². The predicted octanol–water partition coefficient (Wildman–Crippen LogP) is 4.41. The minimum absolute atomic E-state index is 0.00244. The number of rotatable bonds is 1. The number of fused-ring (bicyclic) bond motifs is 7. The molecule has 0 amide bonds. The van der Waals surface area contributed by atoms with Gasteiger partial charge in [0.2, 0.25) is 5.91 Å². The van der Waals surface area contributed by atoms with Crippen molar-refractivity contribution in [2.45, 2.75) is 84.2 Å². The molecule has 0 aromatic carbocycles. The van der Waals surface area contributed by atoms with Gasteiger partial charge >= 0.3 is 5.97 Å². The van der Waals surface area contributed by atoms with E-state index >= 15 is 0 Å². The monoisotopic (exact) mass is 447 g/mol. The largest absolute Gasteiger partial charge is 0.462 e. The van der Waals surface area contributed by atoms with Crippen molar-refractivity contribution in [2.75, 3.05) is 0 Å². The lowest BCUT2D eigenvalue weighted by Crippen LogP contribution is -2.52. The average Bonchev–Trinajstić information content (AvgIpc) is 3.05. The first-order valence-corrected chi connectivity index (χ1v) is 12.2. The highest BCUT2D eigenvalue weighted by Gasteiger charge is 2.58. The van der Waals surface area contributed by atoms with Gasteiger partial charge in [0.05, 0.1) is 5.56 Å². The number of nitrogens with one attached hydrogen (secondary N) is 1. The van der Waals surface area contributed by atoms with Crippen molar-refractivity contribution in [3.8, 4) is 6.07 Å². The zero-order valence-electron chi connectivity index (χ0n) is 20.0. The van der Waals surface area contributed by atoms with Gasteiger partial charge in [0.15, 0.2) is 0 Å². The molecule has 1 aromatic rings. The van der Waals surface area contributed by atoms with E-state index in [1.54, 1.807) is 0 Å². The van der Waals surface area contributed by atoms with E-state index in [2.05, 4.69) is 26.0 Å². The number of carbonyl (C=O) groups is 2. The van der Waals surface area contributed by atoms with Gasteiger partial charge in [-0.1, -0.05) is 25.5 Å². The molecule has 2 saturated carbocycles. The molecule has 1 aromatic heterocycles. The lowest BCUT2D eigenvalue weighted by molar-refractivity contribution is -0.148. The fraction of sp³-hybridized carbons (Fsp3) is 0.630. The van der Waals surface area contributed by atoms with Crippen molar-refractivity contribution < 1.29 is 14.3 Å². The number of nitrogens with zero attached hydrogens (tertiary/aromatic N) is 2. The van der Waals surface area contributed by atoms with Crippen LogP contribution in [0.25, 0.3) is 0 Å². The van der Waals surface area contributed by atoms with Crippen molar-refractivity contribution in [2.24, 2.45) is 23.2 Å². The number of pyridine rings is 1. The Morgan fingerprint density at radius 2 is 1.88 bits per heavy atom. The molecule has 2 fully saturated rings. The van der Waals surface area contributed by atoms with Gasteiger partial charge in [-0.15, -0.1) is 0 Å². The Labute approximate surface area is 195 Å². The summed E-state index contributed by atoms with van der Waals surface area (Å²) in [5.41, 5.74) is 3.77. The maximum Gasteiger partial charge on any atom is 0.302 e. The molecule has 4 aliphatic rings. The van der Waals surface area contributed by atoms with Crippen molar-refractivity contribution >= 4 is 11.9 Å². The number of hydrogen-bond donors (Lipinski definition) is 1. The third kappa shape index (κ3) is 3.08. The van der Waals surface area contributed by atoms with E-state index in [0.717, 1.165) is 56.2 Å². The number of ether oxygens (including phenoxy) is 1. The molecule has 0 bridgehead atoms. The molecular weight excluding hydrogens is 414 g/mol. The first-order chi connectivity index (χ1) is 15.6. The molecule has 1 N–H and O–H groups in total. The predicted molar refractivity (Wildman–Crippen MR) is 122 cm³/mol. The lowest BCUT2D eigenvalue weighted by Gasteiger charge is -2.57. The third-order valence-corrected chi connectivity index (χ3v) is 9.52. The molecule has 0 unspecified atom stereocenters. The normalized spacial score (nSPS) is 36.4. The quantitative estimate of drug-likeness (QED) is 0.509. The van der Waals surface area contributed by atoms with Crippen molar-refractivity contribution in [1.82, 2.24) is 4.57 Å². The van der Waals surface area contributed by atoms with Gasteiger partial charge < -0.3 is 4.74 Å². The second-order valence-corrected chi connectivity index (χ2v) is 11.1. The van der Waals surface area contributed by atoms with E-state index in [1.807, 2.05) is 6.07 Å². The maximum absolute atomic E-state index is 12.6. The zero-order chi connectivity index (χ0) is 23.7. The topological polar surface area (TPSA) is 95.9 Å². The molecule has 4 aliphatic carbocycles. The molecule has 0 aliphatic heterocycles. The number of hydrogen-bond acceptors (Lipinski definition) is 5. The number of nitriles is 1. The number of allylic oxidation sites excluding steroid dienone is 1. The maximum atomic E-state index is 12.6. The third-order valence-electron chi connectivity index (χ3n) is 9.52. The standard InChI is InChI=1S/C27H33N3O3/c1-15(31)30-24-17(11-18(14-28)25(30)29)12-23-21-6-5-19-13-20(33-16(2)32)7-9-26(19,3)22(21)8-10-27(23,24)4/h5,11,20-23,29H,6-10,12-13H2,1-4H3/t20-,21+,22-,23-,26-,27-/m0/s1. The zero-order valence-corrected chi connectivity index (χ0v) is 20.0. The van der Waals surface area contributed by atoms with E-state index in [9.17, 15) is 14.9 Å². The minimum atomic E-state index is -0.195. The Morgan fingerprint density at radius 3 is 2.55 bits per heavy atom. The second-order valence-electron chi connectivity index (χ2n) is 11.1. The van der Waals surface area contributed by atoms with Crippen LogP contribution < -0.4 is 5.49 Å². The van der Waals surface area contributed by atoms with E-state index in [1.165, 1.54) is 24.0 Å². The van der Waals surface area contributed by atoms with Gasteiger partial charge in [0.25, 0.3) is 0 Å². The van der Waals surface area contributed by atoms with Gasteiger partial charge in [-0.3, -0.25) is 19.6 Å². The molecule has 0 radical (unpaired) electrons. The summed E-state index contributed by atoms with van der Waals surface area (Å²) in [6.45, 7) is 7.69. The Kier molecular flexibility index (Phi) is 4.97. The second kappa shape index (κ2) is 7.41. The summed E-state index contributed by atoms with van der Waals surface area (Å²) >= 11 is 0. The first-order valence-electron chi connectivity index (χ1n) is 12.2.